The summed E-state index contributed by atoms with van der Waals surface area (Å²) in [6.45, 7) is 1.85. The van der Waals surface area contributed by atoms with Crippen LogP contribution >= 0.6 is 0 Å². The molecule has 0 radical (unpaired) electrons. The van der Waals surface area contributed by atoms with Crippen LogP contribution in [-0.2, 0) is 6.42 Å². The lowest BCUT2D eigenvalue weighted by Crippen LogP contribution is -1.95. The Kier molecular flexibility index (Phi) is 3.17. The molecule has 5 heteroatoms. The van der Waals surface area contributed by atoms with Crippen LogP contribution < -0.4 is 0 Å². The predicted octanol–water partition coefficient (Wildman–Crippen LogP) is 1.97. The van der Waals surface area contributed by atoms with E-state index in [1.807, 2.05) is 6.92 Å². The summed E-state index contributed by atoms with van der Waals surface area (Å²) in [5.74, 6) is 0. The highest BCUT2D eigenvalue weighted by atomic mass is 16.6. The Labute approximate surface area is 80.8 Å². The topological polar surface area (TPSA) is 75.7 Å². The van der Waals surface area contributed by atoms with Crippen LogP contribution in [0.5, 0.6) is 0 Å². The normalized spacial score (nSPS) is 10.6. The summed E-state index contributed by atoms with van der Waals surface area (Å²) < 4.78 is 0. The van der Waals surface area contributed by atoms with Crippen LogP contribution in [0.15, 0.2) is 23.4 Å². The first-order valence-corrected chi connectivity index (χ1v) is 4.13. The number of hydrogen-bond acceptors (Lipinski definition) is 4. The number of nitro benzene ring substituents is 1. The molecule has 5 nitrogen and oxygen atoms in total. The minimum absolute atomic E-state index is 0.0601. The van der Waals surface area contributed by atoms with Crippen LogP contribution in [0.3, 0.4) is 0 Å². The maximum Gasteiger partial charge on any atom is 0.273 e. The third kappa shape index (κ3) is 2.07. The Balaban J connectivity index is 3.20. The molecule has 0 aliphatic rings. The van der Waals surface area contributed by atoms with Gasteiger partial charge in [0.2, 0.25) is 0 Å². The smallest absolute Gasteiger partial charge is 0.273 e. The summed E-state index contributed by atoms with van der Waals surface area (Å²) in [5, 5.41) is 21.7. The fraction of sp³-hybridized carbons (Fsp3) is 0.222. The summed E-state index contributed by atoms with van der Waals surface area (Å²) >= 11 is 0. The summed E-state index contributed by atoms with van der Waals surface area (Å²) in [4.78, 5) is 10.2. The van der Waals surface area contributed by atoms with Crippen molar-refractivity contribution in [3.8, 4) is 0 Å². The highest BCUT2D eigenvalue weighted by Crippen LogP contribution is 2.19. The lowest BCUT2D eigenvalue weighted by molar-refractivity contribution is -0.385. The Morgan fingerprint density at radius 1 is 1.64 bits per heavy atom. The molecule has 0 spiro atoms. The Morgan fingerprint density at radius 3 is 2.86 bits per heavy atom. The van der Waals surface area contributed by atoms with Crippen LogP contribution in [-0.4, -0.2) is 16.3 Å². The highest BCUT2D eigenvalue weighted by Gasteiger charge is 2.11. The number of benzene rings is 1. The van der Waals surface area contributed by atoms with E-state index in [2.05, 4.69) is 5.16 Å². The summed E-state index contributed by atoms with van der Waals surface area (Å²) in [7, 11) is 0. The molecule has 0 bridgehead atoms. The minimum Gasteiger partial charge on any atom is -0.411 e. The summed E-state index contributed by atoms with van der Waals surface area (Å²) in [5.41, 5.74) is 1.24. The van der Waals surface area contributed by atoms with Crippen LogP contribution in [0.2, 0.25) is 0 Å². The van der Waals surface area contributed by atoms with E-state index >= 15 is 0 Å². The first-order valence-electron chi connectivity index (χ1n) is 4.13. The highest BCUT2D eigenvalue weighted by molar-refractivity contribution is 5.80. The monoisotopic (exact) mass is 194 g/mol. The van der Waals surface area contributed by atoms with Crippen molar-refractivity contribution < 1.29 is 10.1 Å². The Bertz CT molecular complexity index is 374. The van der Waals surface area contributed by atoms with Gasteiger partial charge in [-0.3, -0.25) is 10.1 Å². The van der Waals surface area contributed by atoms with E-state index in [1.54, 1.807) is 12.1 Å². The van der Waals surface area contributed by atoms with E-state index in [4.69, 9.17) is 5.21 Å². The molecule has 74 valence electrons. The van der Waals surface area contributed by atoms with E-state index in [9.17, 15) is 10.1 Å². The number of nitrogens with zero attached hydrogens (tertiary/aromatic N) is 2. The number of hydrogen-bond donors (Lipinski definition) is 1. The van der Waals surface area contributed by atoms with Gasteiger partial charge in [-0.15, -0.1) is 0 Å². The van der Waals surface area contributed by atoms with Crippen LogP contribution in [0, 0.1) is 10.1 Å². The van der Waals surface area contributed by atoms with Gasteiger partial charge in [-0.05, 0) is 6.42 Å². The van der Waals surface area contributed by atoms with Gasteiger partial charge in [0.25, 0.3) is 5.69 Å². The van der Waals surface area contributed by atoms with E-state index < -0.39 is 4.92 Å². The third-order valence-electron chi connectivity index (χ3n) is 1.89. The molecule has 0 fully saturated rings. The number of rotatable bonds is 3. The molecule has 0 heterocycles. The van der Waals surface area contributed by atoms with Crippen molar-refractivity contribution >= 4 is 11.9 Å². The fourth-order valence-corrected chi connectivity index (χ4v) is 1.20. The number of aryl methyl sites for hydroxylation is 1. The molecular weight excluding hydrogens is 184 g/mol. The zero-order chi connectivity index (χ0) is 10.6. The van der Waals surface area contributed by atoms with E-state index in [0.29, 0.717) is 17.5 Å². The predicted molar refractivity (Wildman–Crippen MR) is 51.9 cm³/mol. The molecule has 0 aliphatic carbocycles. The number of nitro groups is 1. The quantitative estimate of drug-likeness (QED) is 0.346. The van der Waals surface area contributed by atoms with Crippen molar-refractivity contribution in [2.45, 2.75) is 13.3 Å². The molecule has 0 aromatic heterocycles. The van der Waals surface area contributed by atoms with Gasteiger partial charge < -0.3 is 5.21 Å². The van der Waals surface area contributed by atoms with Crippen molar-refractivity contribution in [1.29, 1.82) is 0 Å². The molecule has 1 aromatic rings. The van der Waals surface area contributed by atoms with E-state index in [1.165, 1.54) is 6.07 Å². The minimum atomic E-state index is -0.437. The standard InChI is InChI=1S/C9H10N2O3/c1-2-8-4-3-7(6-10-12)5-9(8)11(13)14/h3-6,12H,2H2,1H3. The van der Waals surface area contributed by atoms with Gasteiger partial charge in [-0.1, -0.05) is 24.2 Å². The van der Waals surface area contributed by atoms with Crippen LogP contribution in [0.1, 0.15) is 18.1 Å². The lowest BCUT2D eigenvalue weighted by Gasteiger charge is -1.99. The second-order valence-corrected chi connectivity index (χ2v) is 2.74. The molecule has 1 rings (SSSR count). The van der Waals surface area contributed by atoms with Crippen molar-refractivity contribution in [2.75, 3.05) is 0 Å². The zero-order valence-electron chi connectivity index (χ0n) is 7.67. The first-order chi connectivity index (χ1) is 6.69. The second-order valence-electron chi connectivity index (χ2n) is 2.74. The molecule has 0 unspecified atom stereocenters. The summed E-state index contributed by atoms with van der Waals surface area (Å²) in [6, 6.07) is 4.72. The SMILES string of the molecule is CCc1ccc(C=NO)cc1[N+](=O)[O-]. The Hall–Kier alpha value is -1.91. The van der Waals surface area contributed by atoms with Crippen molar-refractivity contribution in [3.05, 3.63) is 39.4 Å². The zero-order valence-corrected chi connectivity index (χ0v) is 7.67. The molecule has 0 saturated carbocycles. The molecule has 0 amide bonds. The average Bonchev–Trinajstić information content (AvgIpc) is 2.18. The molecule has 0 atom stereocenters. The van der Waals surface area contributed by atoms with Gasteiger partial charge in [-0.2, -0.15) is 0 Å². The molecule has 1 N–H and O–H groups in total. The maximum atomic E-state index is 10.6. The van der Waals surface area contributed by atoms with Crippen molar-refractivity contribution in [1.82, 2.24) is 0 Å². The van der Waals surface area contributed by atoms with Gasteiger partial charge in [0.1, 0.15) is 0 Å². The first kappa shape index (κ1) is 10.2. The van der Waals surface area contributed by atoms with Gasteiger partial charge in [0, 0.05) is 17.2 Å². The third-order valence-corrected chi connectivity index (χ3v) is 1.89. The maximum absolute atomic E-state index is 10.6. The second kappa shape index (κ2) is 4.36. The van der Waals surface area contributed by atoms with Gasteiger partial charge >= 0.3 is 0 Å². The van der Waals surface area contributed by atoms with Crippen molar-refractivity contribution in [2.24, 2.45) is 5.16 Å². The van der Waals surface area contributed by atoms with Crippen LogP contribution in [0.25, 0.3) is 0 Å². The van der Waals surface area contributed by atoms with Gasteiger partial charge in [-0.25, -0.2) is 0 Å². The molecular formula is C9H10N2O3. The summed E-state index contributed by atoms with van der Waals surface area (Å²) in [6.07, 6.45) is 1.76. The Morgan fingerprint density at radius 2 is 2.36 bits per heavy atom. The molecule has 0 saturated heterocycles. The van der Waals surface area contributed by atoms with Crippen molar-refractivity contribution in [3.63, 3.8) is 0 Å². The van der Waals surface area contributed by atoms with E-state index in [-0.39, 0.29) is 5.69 Å². The van der Waals surface area contributed by atoms with Gasteiger partial charge in [0.05, 0.1) is 11.1 Å². The fourth-order valence-electron chi connectivity index (χ4n) is 1.20. The van der Waals surface area contributed by atoms with Gasteiger partial charge in [0.15, 0.2) is 0 Å². The molecule has 0 aliphatic heterocycles. The average molecular weight is 194 g/mol. The lowest BCUT2D eigenvalue weighted by atomic mass is 10.1. The molecule has 1 aromatic carbocycles. The largest absolute Gasteiger partial charge is 0.411 e. The number of oxime groups is 1. The van der Waals surface area contributed by atoms with E-state index in [0.717, 1.165) is 6.21 Å². The molecule has 14 heavy (non-hydrogen) atoms. The van der Waals surface area contributed by atoms with Crippen LogP contribution in [0.4, 0.5) is 5.69 Å².